The third kappa shape index (κ3) is 3.90. The Bertz CT molecular complexity index is 1220. The van der Waals surface area contributed by atoms with Crippen molar-refractivity contribution in [2.75, 3.05) is 18.9 Å². The molecule has 8 nitrogen and oxygen atoms in total. The van der Waals surface area contributed by atoms with Gasteiger partial charge in [0.25, 0.3) is 8.32 Å². The lowest BCUT2D eigenvalue weighted by atomic mass is 10.2. The van der Waals surface area contributed by atoms with Crippen LogP contribution >= 0.6 is 0 Å². The number of ether oxygens (including phenoxy) is 2. The Kier molecular flexibility index (Phi) is 5.94. The van der Waals surface area contributed by atoms with Gasteiger partial charge in [0.2, 0.25) is 0 Å². The normalized spacial score (nSPS) is 19.0. The number of benzene rings is 2. The van der Waals surface area contributed by atoms with Gasteiger partial charge in [0.05, 0.1) is 19.5 Å². The smallest absolute Gasteiger partial charge is 0.261 e. The second kappa shape index (κ2) is 8.92. The molecule has 5 rings (SSSR count). The largest absolute Gasteiger partial charge is 0.402 e. The molecule has 1 aliphatic rings. The van der Waals surface area contributed by atoms with Gasteiger partial charge in [-0.05, 0) is 15.4 Å². The summed E-state index contributed by atoms with van der Waals surface area (Å²) in [4.78, 5) is 12.7. The van der Waals surface area contributed by atoms with Crippen molar-refractivity contribution in [3.63, 3.8) is 0 Å². The van der Waals surface area contributed by atoms with Crippen LogP contribution in [0.2, 0.25) is 5.04 Å². The van der Waals surface area contributed by atoms with Gasteiger partial charge >= 0.3 is 0 Å². The molecule has 2 atom stereocenters. The number of aromatic nitrogens is 4. The van der Waals surface area contributed by atoms with E-state index in [0.717, 1.165) is 0 Å². The number of rotatable bonds is 6. The number of nitrogens with two attached hydrogens (primary N) is 1. The van der Waals surface area contributed by atoms with Crippen molar-refractivity contribution < 1.29 is 13.9 Å². The van der Waals surface area contributed by atoms with E-state index in [9.17, 15) is 0 Å². The summed E-state index contributed by atoms with van der Waals surface area (Å²) in [6, 6.07) is 21.1. The first-order valence-corrected chi connectivity index (χ1v) is 13.3. The maximum atomic E-state index is 6.94. The number of hydrogen-bond donors (Lipinski definition) is 1. The van der Waals surface area contributed by atoms with Gasteiger partial charge in [0, 0.05) is 0 Å². The lowest BCUT2D eigenvalue weighted by Gasteiger charge is -2.43. The molecule has 0 amide bonds. The summed E-state index contributed by atoms with van der Waals surface area (Å²) in [6.45, 7) is 7.43. The Hall–Kier alpha value is -3.11. The molecule has 0 unspecified atom stereocenters. The second-order valence-corrected chi connectivity index (χ2v) is 13.7. The molecule has 0 aliphatic carbocycles. The lowest BCUT2D eigenvalue weighted by Crippen LogP contribution is -2.67. The van der Waals surface area contributed by atoms with E-state index in [2.05, 4.69) is 84.3 Å². The van der Waals surface area contributed by atoms with Crippen LogP contribution < -0.4 is 16.1 Å². The van der Waals surface area contributed by atoms with E-state index in [-0.39, 0.29) is 11.3 Å². The van der Waals surface area contributed by atoms with Crippen LogP contribution in [0.1, 0.15) is 27.0 Å². The van der Waals surface area contributed by atoms with Crippen LogP contribution in [0.3, 0.4) is 0 Å². The first-order valence-electron chi connectivity index (χ1n) is 11.4. The number of hydrogen-bond acceptors (Lipinski definition) is 7. The minimum absolute atomic E-state index is 0.122. The topological polar surface area (TPSA) is 97.3 Å². The molecular formula is C25H29N5O3Si. The van der Waals surface area contributed by atoms with Crippen molar-refractivity contribution >= 4 is 35.7 Å². The number of nitrogen functional groups attached to an aromatic ring is 1. The molecule has 0 spiro atoms. The Morgan fingerprint density at radius 2 is 1.65 bits per heavy atom. The first kappa shape index (κ1) is 22.7. The summed E-state index contributed by atoms with van der Waals surface area (Å²) in [6.07, 6.45) is 2.21. The third-order valence-electron chi connectivity index (χ3n) is 6.28. The fraction of sp³-hybridized carbons (Fsp3) is 0.320. The highest BCUT2D eigenvalue weighted by Gasteiger charge is 2.50. The maximum Gasteiger partial charge on any atom is 0.261 e. The molecule has 1 fully saturated rings. The van der Waals surface area contributed by atoms with Crippen molar-refractivity contribution in [2.45, 2.75) is 38.3 Å². The molecule has 0 bridgehead atoms. The van der Waals surface area contributed by atoms with Crippen LogP contribution in [0.5, 0.6) is 0 Å². The Morgan fingerprint density at radius 1 is 1.00 bits per heavy atom. The van der Waals surface area contributed by atoms with Gasteiger partial charge in [-0.2, -0.15) is 0 Å². The molecule has 2 aromatic carbocycles. The third-order valence-corrected chi connectivity index (χ3v) is 11.3. The van der Waals surface area contributed by atoms with E-state index in [1.807, 2.05) is 16.7 Å². The van der Waals surface area contributed by atoms with Gasteiger partial charge in [-0.3, -0.25) is 4.57 Å². The van der Waals surface area contributed by atoms with Gasteiger partial charge in [-0.15, -0.1) is 0 Å². The molecule has 3 heterocycles. The zero-order chi connectivity index (χ0) is 23.8. The molecule has 0 radical (unpaired) electrons. The minimum Gasteiger partial charge on any atom is -0.402 e. The van der Waals surface area contributed by atoms with Gasteiger partial charge in [0.1, 0.15) is 11.8 Å². The zero-order valence-electron chi connectivity index (χ0n) is 19.6. The monoisotopic (exact) mass is 475 g/mol. The Balaban J connectivity index is 1.42. The van der Waals surface area contributed by atoms with E-state index in [1.165, 1.54) is 16.7 Å². The molecule has 176 valence electrons. The highest BCUT2D eigenvalue weighted by Crippen LogP contribution is 2.37. The quantitative estimate of drug-likeness (QED) is 0.428. The second-order valence-electron chi connectivity index (χ2n) is 9.41. The van der Waals surface area contributed by atoms with Crippen LogP contribution in [0.4, 0.5) is 5.82 Å². The standard InChI is InChI=1S/C25H29N5O3Si/c1-25(2,3)34(18-10-6-4-7-11-18,19-12-8-5-9-13-19)32-15-21-31-14-20(33-21)30-17-29-22-23(26)27-16-28-24(22)30/h4-13,16-17,20-21H,14-15H2,1-3H3,(H2,26,27,28)/t20-,21+/m0/s1. The molecular weight excluding hydrogens is 446 g/mol. The molecule has 1 aliphatic heterocycles. The fourth-order valence-corrected chi connectivity index (χ4v) is 9.25. The number of fused-ring (bicyclic) bond motifs is 1. The molecule has 4 aromatic rings. The first-order chi connectivity index (χ1) is 16.4. The van der Waals surface area contributed by atoms with Gasteiger partial charge < -0.3 is 19.6 Å². The molecule has 1 saturated heterocycles. The number of anilines is 1. The van der Waals surface area contributed by atoms with Gasteiger partial charge in [0.15, 0.2) is 24.0 Å². The number of imidazole rings is 1. The highest BCUT2D eigenvalue weighted by atomic mass is 28.4. The summed E-state index contributed by atoms with van der Waals surface area (Å²) in [5, 5.41) is 2.31. The fourth-order valence-electron chi connectivity index (χ4n) is 4.71. The Labute approximate surface area is 199 Å². The van der Waals surface area contributed by atoms with E-state index in [0.29, 0.717) is 30.2 Å². The van der Waals surface area contributed by atoms with Crippen molar-refractivity contribution in [1.82, 2.24) is 19.5 Å². The summed E-state index contributed by atoms with van der Waals surface area (Å²) >= 11 is 0. The van der Waals surface area contributed by atoms with Crippen LogP contribution in [0.25, 0.3) is 11.2 Å². The van der Waals surface area contributed by atoms with Crippen LogP contribution in [-0.2, 0) is 13.9 Å². The van der Waals surface area contributed by atoms with E-state index < -0.39 is 14.6 Å². The SMILES string of the molecule is CC(C)(C)[Si](OC[C@@H]1OC[C@@H](n2cnc3c(N)ncnc32)O1)(c1ccccc1)c1ccccc1. The van der Waals surface area contributed by atoms with Crippen molar-refractivity contribution in [2.24, 2.45) is 0 Å². The van der Waals surface area contributed by atoms with Gasteiger partial charge in [-0.1, -0.05) is 81.4 Å². The molecule has 2 aromatic heterocycles. The van der Waals surface area contributed by atoms with Gasteiger partial charge in [-0.25, -0.2) is 15.0 Å². The average molecular weight is 476 g/mol. The molecule has 9 heteroatoms. The van der Waals surface area contributed by atoms with E-state index in [1.54, 1.807) is 6.33 Å². The number of nitrogens with zero attached hydrogens (tertiary/aromatic N) is 4. The van der Waals surface area contributed by atoms with Crippen molar-refractivity contribution in [1.29, 1.82) is 0 Å². The average Bonchev–Trinajstić information content (AvgIpc) is 3.48. The molecule has 2 N–H and O–H groups in total. The minimum atomic E-state index is -2.67. The summed E-state index contributed by atoms with van der Waals surface area (Å²) in [5.74, 6) is 0.342. The van der Waals surface area contributed by atoms with E-state index in [4.69, 9.17) is 19.6 Å². The summed E-state index contributed by atoms with van der Waals surface area (Å²) < 4.78 is 21.0. The molecule has 0 saturated carbocycles. The van der Waals surface area contributed by atoms with Crippen LogP contribution in [-0.4, -0.2) is 47.3 Å². The van der Waals surface area contributed by atoms with Crippen molar-refractivity contribution in [3.05, 3.63) is 73.3 Å². The molecule has 34 heavy (non-hydrogen) atoms. The summed E-state index contributed by atoms with van der Waals surface area (Å²) in [7, 11) is -2.67. The van der Waals surface area contributed by atoms with Crippen molar-refractivity contribution in [3.8, 4) is 0 Å². The highest BCUT2D eigenvalue weighted by molar-refractivity contribution is 6.99. The lowest BCUT2D eigenvalue weighted by molar-refractivity contribution is -0.0943. The van der Waals surface area contributed by atoms with Crippen LogP contribution in [0, 0.1) is 0 Å². The zero-order valence-corrected chi connectivity index (χ0v) is 20.6. The van der Waals surface area contributed by atoms with Crippen LogP contribution in [0.15, 0.2) is 73.3 Å². The maximum absolute atomic E-state index is 6.94. The Morgan fingerprint density at radius 3 is 2.26 bits per heavy atom. The predicted octanol–water partition coefficient (Wildman–Crippen LogP) is 2.86. The predicted molar refractivity (Wildman–Crippen MR) is 133 cm³/mol. The summed E-state index contributed by atoms with van der Waals surface area (Å²) in [5.41, 5.74) is 7.10. The van der Waals surface area contributed by atoms with E-state index >= 15 is 0 Å².